The Bertz CT molecular complexity index is 578. The highest BCUT2D eigenvalue weighted by molar-refractivity contribution is 5.81. The molecule has 0 unspecified atom stereocenters. The Morgan fingerprint density at radius 2 is 2.11 bits per heavy atom. The van der Waals surface area contributed by atoms with E-state index in [0.717, 1.165) is 16.8 Å². The quantitative estimate of drug-likeness (QED) is 0.882. The van der Waals surface area contributed by atoms with Gasteiger partial charge >= 0.3 is 0 Å². The number of aryl methyl sites for hydroxylation is 1. The number of carbonyl (C=O) groups excluding carboxylic acids is 1. The second kappa shape index (κ2) is 4.44. The zero-order valence-corrected chi connectivity index (χ0v) is 11.3. The smallest absolute Gasteiger partial charge is 0.225 e. The maximum atomic E-state index is 11.9. The summed E-state index contributed by atoms with van der Waals surface area (Å²) in [6, 6.07) is 2.03. The first-order valence-electron chi connectivity index (χ1n) is 6.09. The lowest BCUT2D eigenvalue weighted by atomic mass is 9.95. The summed E-state index contributed by atoms with van der Waals surface area (Å²) >= 11 is 0. The van der Waals surface area contributed by atoms with Crippen LogP contribution in [-0.4, -0.2) is 15.3 Å². The molecule has 0 aromatic carbocycles. The summed E-state index contributed by atoms with van der Waals surface area (Å²) in [7, 11) is 0. The lowest BCUT2D eigenvalue weighted by Crippen LogP contribution is -2.34. The average Bonchev–Trinajstić information content (AvgIpc) is 2.74. The van der Waals surface area contributed by atoms with Gasteiger partial charge in [-0.3, -0.25) is 4.79 Å². The maximum absolute atomic E-state index is 11.9. The predicted octanol–water partition coefficient (Wildman–Crippen LogP) is 2.31. The molecule has 18 heavy (non-hydrogen) atoms. The zero-order valence-electron chi connectivity index (χ0n) is 11.3. The fourth-order valence-corrected chi connectivity index (χ4v) is 1.79. The van der Waals surface area contributed by atoms with E-state index in [1.807, 2.05) is 50.6 Å². The highest BCUT2D eigenvalue weighted by Gasteiger charge is 2.21. The van der Waals surface area contributed by atoms with E-state index in [4.69, 9.17) is 0 Å². The van der Waals surface area contributed by atoms with E-state index < -0.39 is 0 Å². The number of rotatable bonds is 2. The van der Waals surface area contributed by atoms with Crippen LogP contribution in [0.15, 0.2) is 24.7 Å². The zero-order chi connectivity index (χ0) is 13.3. The minimum Gasteiger partial charge on any atom is -0.351 e. The monoisotopic (exact) mass is 245 g/mol. The molecule has 0 aliphatic rings. The van der Waals surface area contributed by atoms with Crippen LogP contribution < -0.4 is 5.32 Å². The fraction of sp³-hybridized carbons (Fsp3) is 0.429. The average molecular weight is 245 g/mol. The lowest BCUT2D eigenvalue weighted by Gasteiger charge is -2.18. The van der Waals surface area contributed by atoms with Crippen LogP contribution in [0.1, 0.15) is 31.9 Å². The standard InChI is InChI=1S/C14H19N3O/c1-10-5-7-17-8-6-15-12(17)11(10)9-16-13(18)14(2,3)4/h5-8H,9H2,1-4H3,(H,16,18). The van der Waals surface area contributed by atoms with Crippen LogP contribution in [-0.2, 0) is 11.3 Å². The van der Waals surface area contributed by atoms with E-state index >= 15 is 0 Å². The van der Waals surface area contributed by atoms with Crippen LogP contribution in [0.3, 0.4) is 0 Å². The SMILES string of the molecule is Cc1ccn2ccnc2c1CNC(=O)C(C)(C)C. The van der Waals surface area contributed by atoms with E-state index in [0.29, 0.717) is 6.54 Å². The minimum absolute atomic E-state index is 0.0514. The number of amides is 1. The van der Waals surface area contributed by atoms with Crippen LogP contribution in [0.5, 0.6) is 0 Å². The molecule has 0 bridgehead atoms. The second-order valence-corrected chi connectivity index (χ2v) is 5.57. The normalized spacial score (nSPS) is 11.8. The molecule has 0 atom stereocenters. The third-order valence-electron chi connectivity index (χ3n) is 3.01. The maximum Gasteiger partial charge on any atom is 0.225 e. The summed E-state index contributed by atoms with van der Waals surface area (Å²) in [6.45, 7) is 8.28. The molecular formula is C14H19N3O. The van der Waals surface area contributed by atoms with Gasteiger partial charge in [-0.2, -0.15) is 0 Å². The van der Waals surface area contributed by atoms with E-state index in [1.165, 1.54) is 0 Å². The Kier molecular flexibility index (Phi) is 3.11. The van der Waals surface area contributed by atoms with Gasteiger partial charge in [0.1, 0.15) is 5.65 Å². The lowest BCUT2D eigenvalue weighted by molar-refractivity contribution is -0.128. The Morgan fingerprint density at radius 3 is 2.78 bits per heavy atom. The number of nitrogens with one attached hydrogen (secondary N) is 1. The number of fused-ring (bicyclic) bond motifs is 1. The molecule has 1 N–H and O–H groups in total. The number of imidazole rings is 1. The number of pyridine rings is 1. The summed E-state index contributed by atoms with van der Waals surface area (Å²) in [5.41, 5.74) is 2.75. The van der Waals surface area contributed by atoms with Crippen molar-refractivity contribution in [1.82, 2.24) is 14.7 Å². The molecule has 4 heteroatoms. The summed E-state index contributed by atoms with van der Waals surface area (Å²) in [5, 5.41) is 2.97. The van der Waals surface area contributed by atoms with Crippen LogP contribution in [0.25, 0.3) is 5.65 Å². The molecule has 4 nitrogen and oxygen atoms in total. The van der Waals surface area contributed by atoms with Gasteiger partial charge in [-0.15, -0.1) is 0 Å². The van der Waals surface area contributed by atoms with E-state index in [9.17, 15) is 4.79 Å². The first-order valence-corrected chi connectivity index (χ1v) is 6.09. The van der Waals surface area contributed by atoms with Crippen molar-refractivity contribution >= 4 is 11.6 Å². The summed E-state index contributed by atoms with van der Waals surface area (Å²) < 4.78 is 1.96. The van der Waals surface area contributed by atoms with Crippen molar-refractivity contribution in [3.05, 3.63) is 35.8 Å². The molecular weight excluding hydrogens is 226 g/mol. The molecule has 1 amide bonds. The molecule has 0 saturated heterocycles. The van der Waals surface area contributed by atoms with Crippen molar-refractivity contribution in [2.75, 3.05) is 0 Å². The van der Waals surface area contributed by atoms with Gasteiger partial charge in [0.2, 0.25) is 5.91 Å². The van der Waals surface area contributed by atoms with Gasteiger partial charge in [-0.05, 0) is 18.6 Å². The largest absolute Gasteiger partial charge is 0.351 e. The van der Waals surface area contributed by atoms with Crippen molar-refractivity contribution in [3.8, 4) is 0 Å². The van der Waals surface area contributed by atoms with Crippen molar-refractivity contribution in [3.63, 3.8) is 0 Å². The van der Waals surface area contributed by atoms with Gasteiger partial charge in [0.15, 0.2) is 0 Å². The van der Waals surface area contributed by atoms with Crippen LogP contribution >= 0.6 is 0 Å². The van der Waals surface area contributed by atoms with Crippen molar-refractivity contribution in [2.45, 2.75) is 34.2 Å². The van der Waals surface area contributed by atoms with Gasteiger partial charge in [-0.1, -0.05) is 20.8 Å². The Balaban J connectivity index is 2.24. The highest BCUT2D eigenvalue weighted by atomic mass is 16.2. The third-order valence-corrected chi connectivity index (χ3v) is 3.01. The number of nitrogens with zero attached hydrogens (tertiary/aromatic N) is 2. The van der Waals surface area contributed by atoms with E-state index in [-0.39, 0.29) is 11.3 Å². The summed E-state index contributed by atoms with van der Waals surface area (Å²) in [5.74, 6) is 0.0514. The van der Waals surface area contributed by atoms with Crippen molar-refractivity contribution in [2.24, 2.45) is 5.41 Å². The number of aromatic nitrogens is 2. The van der Waals surface area contributed by atoms with Gasteiger partial charge in [0, 0.05) is 36.1 Å². The van der Waals surface area contributed by atoms with Gasteiger partial charge in [0.05, 0.1) is 0 Å². The first kappa shape index (κ1) is 12.6. The van der Waals surface area contributed by atoms with E-state index in [2.05, 4.69) is 10.3 Å². The predicted molar refractivity (Wildman–Crippen MR) is 71.2 cm³/mol. The first-order chi connectivity index (χ1) is 8.39. The Hall–Kier alpha value is -1.84. The molecule has 2 aromatic heterocycles. The topological polar surface area (TPSA) is 46.4 Å². The van der Waals surface area contributed by atoms with Crippen LogP contribution in [0.2, 0.25) is 0 Å². The molecule has 0 saturated carbocycles. The third kappa shape index (κ3) is 2.37. The number of hydrogen-bond acceptors (Lipinski definition) is 2. The Morgan fingerprint density at radius 1 is 1.39 bits per heavy atom. The number of hydrogen-bond donors (Lipinski definition) is 1. The Labute approximate surface area is 107 Å². The molecule has 0 aliphatic carbocycles. The minimum atomic E-state index is -0.367. The van der Waals surface area contributed by atoms with Crippen LogP contribution in [0, 0.1) is 12.3 Å². The molecule has 0 radical (unpaired) electrons. The fourth-order valence-electron chi connectivity index (χ4n) is 1.79. The summed E-state index contributed by atoms with van der Waals surface area (Å²) in [6.07, 6.45) is 5.65. The molecule has 0 fully saturated rings. The highest BCUT2D eigenvalue weighted by Crippen LogP contribution is 2.16. The molecule has 2 heterocycles. The molecule has 2 aromatic rings. The molecule has 0 aliphatic heterocycles. The van der Waals surface area contributed by atoms with Gasteiger partial charge in [0.25, 0.3) is 0 Å². The van der Waals surface area contributed by atoms with Crippen molar-refractivity contribution < 1.29 is 4.79 Å². The van der Waals surface area contributed by atoms with Gasteiger partial charge in [-0.25, -0.2) is 4.98 Å². The van der Waals surface area contributed by atoms with Crippen molar-refractivity contribution in [1.29, 1.82) is 0 Å². The van der Waals surface area contributed by atoms with E-state index in [1.54, 1.807) is 6.20 Å². The second-order valence-electron chi connectivity index (χ2n) is 5.57. The molecule has 0 spiro atoms. The van der Waals surface area contributed by atoms with Gasteiger partial charge < -0.3 is 9.72 Å². The molecule has 96 valence electrons. The number of carbonyl (C=O) groups is 1. The summed E-state index contributed by atoms with van der Waals surface area (Å²) in [4.78, 5) is 16.2. The van der Waals surface area contributed by atoms with Crippen LogP contribution in [0.4, 0.5) is 0 Å². The molecule has 2 rings (SSSR count).